The predicted molar refractivity (Wildman–Crippen MR) is 60.2 cm³/mol. The molecule has 1 rings (SSSR count). The monoisotopic (exact) mass is 222 g/mol. The summed E-state index contributed by atoms with van der Waals surface area (Å²) in [6, 6.07) is 6.57. The van der Waals surface area contributed by atoms with Crippen LogP contribution >= 0.6 is 0 Å². The first-order valence-electron chi connectivity index (χ1n) is 5.00. The second-order valence-electron chi connectivity index (χ2n) is 3.65. The van der Waals surface area contributed by atoms with Crippen molar-refractivity contribution in [3.05, 3.63) is 39.9 Å². The van der Waals surface area contributed by atoms with E-state index >= 15 is 0 Å². The zero-order valence-electron chi connectivity index (χ0n) is 9.27. The average Bonchev–Trinajstić information content (AvgIpc) is 2.25. The number of carbonyl (C=O) groups excluding carboxylic acids is 1. The maximum Gasteiger partial charge on any atom is 0.272 e. The molecule has 5 nitrogen and oxygen atoms in total. The van der Waals surface area contributed by atoms with Crippen LogP contribution in [0.2, 0.25) is 0 Å². The third kappa shape index (κ3) is 3.05. The van der Waals surface area contributed by atoms with Gasteiger partial charge in [-0.05, 0) is 0 Å². The second kappa shape index (κ2) is 5.25. The van der Waals surface area contributed by atoms with Crippen LogP contribution in [0.25, 0.3) is 0 Å². The molecule has 86 valence electrons. The Hall–Kier alpha value is -1.91. The number of nitrogens with zero attached hydrogens (tertiary/aromatic N) is 1. The number of amides is 1. The van der Waals surface area contributed by atoms with Crippen molar-refractivity contribution < 1.29 is 9.72 Å². The summed E-state index contributed by atoms with van der Waals surface area (Å²) in [4.78, 5) is 21.1. The first-order valence-corrected chi connectivity index (χ1v) is 5.00. The van der Waals surface area contributed by atoms with Gasteiger partial charge in [0.25, 0.3) is 5.69 Å². The SMILES string of the molecule is CC(=O)NCC(C)c1ccccc1[N+](=O)[O-]. The normalized spacial score (nSPS) is 11.9. The zero-order chi connectivity index (χ0) is 12.1. The van der Waals surface area contributed by atoms with Crippen LogP contribution in [-0.2, 0) is 4.79 Å². The van der Waals surface area contributed by atoms with Crippen LogP contribution in [0.5, 0.6) is 0 Å². The van der Waals surface area contributed by atoms with E-state index in [2.05, 4.69) is 5.32 Å². The van der Waals surface area contributed by atoms with Crippen molar-refractivity contribution >= 4 is 11.6 Å². The second-order valence-corrected chi connectivity index (χ2v) is 3.65. The fourth-order valence-corrected chi connectivity index (χ4v) is 1.48. The number of para-hydroxylation sites is 1. The number of nitrogens with one attached hydrogen (secondary N) is 1. The molecule has 16 heavy (non-hydrogen) atoms. The van der Waals surface area contributed by atoms with Crippen molar-refractivity contribution in [3.63, 3.8) is 0 Å². The van der Waals surface area contributed by atoms with Crippen molar-refractivity contribution in [1.82, 2.24) is 5.32 Å². The van der Waals surface area contributed by atoms with Crippen molar-refractivity contribution in [2.45, 2.75) is 19.8 Å². The molecule has 1 aromatic rings. The third-order valence-electron chi connectivity index (χ3n) is 2.32. The number of hydrogen-bond donors (Lipinski definition) is 1. The van der Waals surface area contributed by atoms with Gasteiger partial charge in [0.05, 0.1) is 4.92 Å². The molecule has 0 aromatic heterocycles. The molecule has 0 aliphatic carbocycles. The molecule has 0 radical (unpaired) electrons. The molecule has 0 saturated heterocycles. The molecular weight excluding hydrogens is 208 g/mol. The minimum absolute atomic E-state index is 0.0782. The van der Waals surface area contributed by atoms with Crippen molar-refractivity contribution in [2.24, 2.45) is 0 Å². The van der Waals surface area contributed by atoms with Gasteiger partial charge < -0.3 is 5.32 Å². The van der Waals surface area contributed by atoms with Gasteiger partial charge >= 0.3 is 0 Å². The molecule has 1 N–H and O–H groups in total. The molecule has 5 heteroatoms. The molecule has 0 heterocycles. The maximum atomic E-state index is 10.8. The highest BCUT2D eigenvalue weighted by Crippen LogP contribution is 2.25. The highest BCUT2D eigenvalue weighted by atomic mass is 16.6. The average molecular weight is 222 g/mol. The topological polar surface area (TPSA) is 72.2 Å². The predicted octanol–water partition coefficient (Wildman–Crippen LogP) is 1.83. The first kappa shape index (κ1) is 12.2. The molecule has 0 bridgehead atoms. The summed E-state index contributed by atoms with van der Waals surface area (Å²) in [6.07, 6.45) is 0. The Morgan fingerprint density at radius 1 is 1.50 bits per heavy atom. The van der Waals surface area contributed by atoms with Gasteiger partial charge in [0, 0.05) is 31.0 Å². The van der Waals surface area contributed by atoms with E-state index in [9.17, 15) is 14.9 Å². The molecule has 0 fully saturated rings. The highest BCUT2D eigenvalue weighted by molar-refractivity contribution is 5.72. The number of carbonyl (C=O) groups is 1. The van der Waals surface area contributed by atoms with Crippen molar-refractivity contribution in [3.8, 4) is 0 Å². The summed E-state index contributed by atoms with van der Waals surface area (Å²) >= 11 is 0. The molecule has 0 aliphatic heterocycles. The summed E-state index contributed by atoms with van der Waals surface area (Å²) in [6.45, 7) is 3.67. The highest BCUT2D eigenvalue weighted by Gasteiger charge is 2.17. The summed E-state index contributed by atoms with van der Waals surface area (Å²) in [5.74, 6) is -0.212. The minimum Gasteiger partial charge on any atom is -0.356 e. The molecule has 0 spiro atoms. The number of benzene rings is 1. The largest absolute Gasteiger partial charge is 0.356 e. The Morgan fingerprint density at radius 2 is 2.12 bits per heavy atom. The molecular formula is C11H14N2O3. The van der Waals surface area contributed by atoms with Gasteiger partial charge in [-0.3, -0.25) is 14.9 Å². The van der Waals surface area contributed by atoms with Gasteiger partial charge in [0.2, 0.25) is 5.91 Å². The lowest BCUT2D eigenvalue weighted by Gasteiger charge is -2.12. The van der Waals surface area contributed by atoms with E-state index in [0.717, 1.165) is 0 Å². The number of rotatable bonds is 4. The Balaban J connectivity index is 2.85. The van der Waals surface area contributed by atoms with Gasteiger partial charge in [-0.15, -0.1) is 0 Å². The molecule has 1 unspecified atom stereocenters. The summed E-state index contributed by atoms with van der Waals surface area (Å²) in [5, 5.41) is 13.4. The maximum absolute atomic E-state index is 10.8. The van der Waals surface area contributed by atoms with E-state index in [4.69, 9.17) is 0 Å². The first-order chi connectivity index (χ1) is 7.52. The van der Waals surface area contributed by atoms with Crippen molar-refractivity contribution in [1.29, 1.82) is 0 Å². The summed E-state index contributed by atoms with van der Waals surface area (Å²) in [5.41, 5.74) is 0.738. The zero-order valence-corrected chi connectivity index (χ0v) is 9.27. The lowest BCUT2D eigenvalue weighted by molar-refractivity contribution is -0.385. The van der Waals surface area contributed by atoms with Crippen LogP contribution in [-0.4, -0.2) is 17.4 Å². The van der Waals surface area contributed by atoms with Crippen LogP contribution in [0.15, 0.2) is 24.3 Å². The van der Waals surface area contributed by atoms with Gasteiger partial charge in [0.15, 0.2) is 0 Å². The van der Waals surface area contributed by atoms with Crippen LogP contribution in [0.1, 0.15) is 25.3 Å². The smallest absolute Gasteiger partial charge is 0.272 e. The van der Waals surface area contributed by atoms with Crippen LogP contribution in [0.4, 0.5) is 5.69 Å². The molecule has 1 amide bonds. The lowest BCUT2D eigenvalue weighted by atomic mass is 9.99. The lowest BCUT2D eigenvalue weighted by Crippen LogP contribution is -2.25. The quantitative estimate of drug-likeness (QED) is 0.624. The summed E-state index contributed by atoms with van der Waals surface area (Å²) < 4.78 is 0. The van der Waals surface area contributed by atoms with E-state index in [1.54, 1.807) is 18.2 Å². The Kier molecular flexibility index (Phi) is 3.99. The molecule has 0 aliphatic rings. The number of nitro groups is 1. The molecule has 1 aromatic carbocycles. The van der Waals surface area contributed by atoms with Gasteiger partial charge in [-0.2, -0.15) is 0 Å². The minimum atomic E-state index is -0.403. The van der Waals surface area contributed by atoms with E-state index < -0.39 is 4.92 Å². The van der Waals surface area contributed by atoms with E-state index in [-0.39, 0.29) is 17.5 Å². The Morgan fingerprint density at radius 3 is 2.69 bits per heavy atom. The molecule has 0 saturated carbocycles. The van der Waals surface area contributed by atoms with Crippen LogP contribution < -0.4 is 5.32 Å². The van der Waals surface area contributed by atoms with E-state index in [1.165, 1.54) is 13.0 Å². The van der Waals surface area contributed by atoms with Gasteiger partial charge in [-0.1, -0.05) is 25.1 Å². The fourth-order valence-electron chi connectivity index (χ4n) is 1.48. The Bertz CT molecular complexity index is 404. The Labute approximate surface area is 93.6 Å². The fraction of sp³-hybridized carbons (Fsp3) is 0.364. The van der Waals surface area contributed by atoms with Crippen LogP contribution in [0, 0.1) is 10.1 Å². The van der Waals surface area contributed by atoms with Gasteiger partial charge in [-0.25, -0.2) is 0 Å². The third-order valence-corrected chi connectivity index (χ3v) is 2.32. The van der Waals surface area contributed by atoms with E-state index in [1.807, 2.05) is 6.92 Å². The van der Waals surface area contributed by atoms with Crippen LogP contribution in [0.3, 0.4) is 0 Å². The van der Waals surface area contributed by atoms with Gasteiger partial charge in [0.1, 0.15) is 0 Å². The summed E-state index contributed by atoms with van der Waals surface area (Å²) in [7, 11) is 0. The standard InChI is InChI=1S/C11H14N2O3/c1-8(7-12-9(2)14)10-5-3-4-6-11(10)13(15)16/h3-6,8H,7H2,1-2H3,(H,12,14). The van der Waals surface area contributed by atoms with E-state index in [0.29, 0.717) is 12.1 Å². The number of hydrogen-bond acceptors (Lipinski definition) is 3. The van der Waals surface area contributed by atoms with Crippen molar-refractivity contribution in [2.75, 3.05) is 6.54 Å². The number of nitro benzene ring substituents is 1. The molecule has 1 atom stereocenters.